The smallest absolute Gasteiger partial charge is 0.240 e. The molecule has 1 aliphatic rings. The predicted molar refractivity (Wildman–Crippen MR) is 74.8 cm³/mol. The first-order chi connectivity index (χ1) is 8.96. The number of carbonyl (C=O) groups excluding carboxylic acids is 1. The minimum Gasteiger partial charge on any atom is -0.368 e. The van der Waals surface area contributed by atoms with Gasteiger partial charge in [0, 0.05) is 17.3 Å². The van der Waals surface area contributed by atoms with E-state index in [4.69, 9.17) is 5.73 Å². The first-order valence-corrected chi connectivity index (χ1v) is 6.98. The van der Waals surface area contributed by atoms with Gasteiger partial charge in [0.25, 0.3) is 0 Å². The van der Waals surface area contributed by atoms with Crippen molar-refractivity contribution in [3.63, 3.8) is 0 Å². The average Bonchev–Trinajstić information content (AvgIpc) is 2.78. The molecule has 0 bridgehead atoms. The summed E-state index contributed by atoms with van der Waals surface area (Å²) in [5, 5.41) is 3.37. The number of piperidine rings is 1. The van der Waals surface area contributed by atoms with Crippen molar-refractivity contribution in [3.8, 4) is 0 Å². The van der Waals surface area contributed by atoms with Crippen molar-refractivity contribution >= 4 is 5.91 Å². The molecule has 1 atom stereocenters. The number of nitrogens with two attached hydrogens (primary N) is 1. The van der Waals surface area contributed by atoms with Gasteiger partial charge in [-0.05, 0) is 31.8 Å². The lowest BCUT2D eigenvalue weighted by Crippen LogP contribution is -2.41. The normalized spacial score (nSPS) is 20.4. The van der Waals surface area contributed by atoms with Crippen molar-refractivity contribution in [3.05, 3.63) is 18.2 Å². The lowest BCUT2D eigenvalue weighted by molar-refractivity contribution is -0.122. The number of hydrogen-bond donors (Lipinski definition) is 2. The molecular formula is C14H24N4O. The van der Waals surface area contributed by atoms with Crippen LogP contribution in [0.4, 0.5) is 0 Å². The lowest BCUT2D eigenvalue weighted by atomic mass is 9.78. The third-order valence-electron chi connectivity index (χ3n) is 4.21. The number of rotatable bonds is 4. The Morgan fingerprint density at radius 1 is 1.47 bits per heavy atom. The zero-order valence-electron chi connectivity index (χ0n) is 12.0. The topological polar surface area (TPSA) is 72.9 Å². The molecule has 106 valence electrons. The Labute approximate surface area is 114 Å². The number of hydrogen-bond acceptors (Lipinski definition) is 3. The van der Waals surface area contributed by atoms with Gasteiger partial charge in [-0.15, -0.1) is 0 Å². The van der Waals surface area contributed by atoms with Gasteiger partial charge >= 0.3 is 0 Å². The van der Waals surface area contributed by atoms with Gasteiger partial charge in [-0.3, -0.25) is 4.79 Å². The second-order valence-electron chi connectivity index (χ2n) is 6.09. The van der Waals surface area contributed by atoms with Crippen LogP contribution >= 0.6 is 0 Å². The average molecular weight is 264 g/mol. The Bertz CT molecular complexity index is 446. The van der Waals surface area contributed by atoms with Crippen molar-refractivity contribution in [2.45, 2.75) is 45.1 Å². The number of primary amides is 1. The van der Waals surface area contributed by atoms with Crippen molar-refractivity contribution in [2.75, 3.05) is 13.1 Å². The van der Waals surface area contributed by atoms with Gasteiger partial charge in [-0.25, -0.2) is 4.98 Å². The number of aromatic nitrogens is 2. The summed E-state index contributed by atoms with van der Waals surface area (Å²) in [6.45, 7) is 8.29. The highest BCUT2D eigenvalue weighted by Gasteiger charge is 2.34. The first kappa shape index (κ1) is 14.1. The molecule has 1 amide bonds. The molecule has 3 N–H and O–H groups in total. The number of nitrogens with zero attached hydrogens (tertiary/aromatic N) is 2. The van der Waals surface area contributed by atoms with Gasteiger partial charge in [0.2, 0.25) is 5.91 Å². The molecule has 1 unspecified atom stereocenters. The van der Waals surface area contributed by atoms with E-state index in [2.05, 4.69) is 17.2 Å². The van der Waals surface area contributed by atoms with Crippen LogP contribution in [0.25, 0.3) is 0 Å². The summed E-state index contributed by atoms with van der Waals surface area (Å²) >= 11 is 0. The van der Waals surface area contributed by atoms with Crippen LogP contribution in [0.5, 0.6) is 0 Å². The second-order valence-corrected chi connectivity index (χ2v) is 6.09. The molecule has 0 radical (unpaired) electrons. The first-order valence-electron chi connectivity index (χ1n) is 6.98. The van der Waals surface area contributed by atoms with E-state index in [1.807, 2.05) is 24.6 Å². The van der Waals surface area contributed by atoms with Crippen LogP contribution in [0, 0.1) is 5.92 Å². The maximum absolute atomic E-state index is 11.7. The highest BCUT2D eigenvalue weighted by molar-refractivity contribution is 5.78. The Balaban J connectivity index is 2.38. The molecule has 1 aliphatic heterocycles. The molecule has 19 heavy (non-hydrogen) atoms. The van der Waals surface area contributed by atoms with Crippen LogP contribution < -0.4 is 11.1 Å². The lowest BCUT2D eigenvalue weighted by Gasteiger charge is -2.36. The van der Waals surface area contributed by atoms with E-state index in [1.165, 1.54) is 0 Å². The van der Waals surface area contributed by atoms with Gasteiger partial charge in [0.1, 0.15) is 6.04 Å². The number of amides is 1. The maximum Gasteiger partial charge on any atom is 0.240 e. The molecule has 0 saturated carbocycles. The molecule has 0 aliphatic carbocycles. The molecule has 5 nitrogen and oxygen atoms in total. The van der Waals surface area contributed by atoms with E-state index in [1.54, 1.807) is 6.33 Å². The van der Waals surface area contributed by atoms with Crippen LogP contribution in [0.1, 0.15) is 45.3 Å². The van der Waals surface area contributed by atoms with Crippen LogP contribution in [0.2, 0.25) is 0 Å². The fourth-order valence-corrected chi connectivity index (χ4v) is 3.02. The van der Waals surface area contributed by atoms with Gasteiger partial charge in [0.15, 0.2) is 0 Å². The van der Waals surface area contributed by atoms with Gasteiger partial charge in [-0.1, -0.05) is 20.8 Å². The molecule has 0 aromatic carbocycles. The zero-order valence-corrected chi connectivity index (χ0v) is 12.0. The van der Waals surface area contributed by atoms with Crippen LogP contribution in [-0.2, 0) is 10.2 Å². The molecule has 1 fully saturated rings. The summed E-state index contributed by atoms with van der Waals surface area (Å²) in [6, 6.07) is -0.316. The molecule has 0 spiro atoms. The Morgan fingerprint density at radius 3 is 2.63 bits per heavy atom. The quantitative estimate of drug-likeness (QED) is 0.858. The summed E-state index contributed by atoms with van der Waals surface area (Å²) in [5.74, 6) is -0.123. The molecule has 1 aromatic heterocycles. The molecule has 2 heterocycles. The van der Waals surface area contributed by atoms with Crippen LogP contribution in [-0.4, -0.2) is 28.5 Å². The molecule has 1 aromatic rings. The highest BCUT2D eigenvalue weighted by atomic mass is 16.1. The molecule has 5 heteroatoms. The summed E-state index contributed by atoms with van der Waals surface area (Å²) < 4.78 is 1.98. The largest absolute Gasteiger partial charge is 0.368 e. The van der Waals surface area contributed by atoms with E-state index in [0.29, 0.717) is 0 Å². The Kier molecular flexibility index (Phi) is 3.94. The highest BCUT2D eigenvalue weighted by Crippen LogP contribution is 2.35. The van der Waals surface area contributed by atoms with Crippen LogP contribution in [0.15, 0.2) is 12.5 Å². The molecular weight excluding hydrogens is 240 g/mol. The van der Waals surface area contributed by atoms with Gasteiger partial charge in [0.05, 0.1) is 6.33 Å². The van der Waals surface area contributed by atoms with E-state index in [9.17, 15) is 4.79 Å². The van der Waals surface area contributed by atoms with Crippen molar-refractivity contribution < 1.29 is 4.79 Å². The van der Waals surface area contributed by atoms with E-state index in [-0.39, 0.29) is 23.3 Å². The minimum atomic E-state index is -0.316. The standard InChI is InChI=1S/C14H24N4O/c1-10(2)12(13(15)19)18-9-17-8-11(18)14(3)4-6-16-7-5-14/h8-10,12,16H,4-7H2,1-3H3,(H2,15,19). The molecule has 2 rings (SSSR count). The fraction of sp³-hybridized carbons (Fsp3) is 0.714. The van der Waals surface area contributed by atoms with E-state index < -0.39 is 0 Å². The number of carbonyl (C=O) groups is 1. The summed E-state index contributed by atoms with van der Waals surface area (Å²) in [7, 11) is 0. The van der Waals surface area contributed by atoms with Gasteiger partial charge < -0.3 is 15.6 Å². The Hall–Kier alpha value is -1.36. The van der Waals surface area contributed by atoms with Crippen molar-refractivity contribution in [1.29, 1.82) is 0 Å². The minimum absolute atomic E-state index is 0.0738. The van der Waals surface area contributed by atoms with Gasteiger partial charge in [-0.2, -0.15) is 0 Å². The molecule has 1 saturated heterocycles. The summed E-state index contributed by atoms with van der Waals surface area (Å²) in [4.78, 5) is 16.0. The number of nitrogens with one attached hydrogen (secondary N) is 1. The number of imidazole rings is 1. The van der Waals surface area contributed by atoms with E-state index in [0.717, 1.165) is 31.6 Å². The van der Waals surface area contributed by atoms with Crippen molar-refractivity contribution in [2.24, 2.45) is 11.7 Å². The summed E-state index contributed by atoms with van der Waals surface area (Å²) in [5.41, 5.74) is 6.78. The SMILES string of the molecule is CC(C)C(C(N)=O)n1cncc1C1(C)CCNCC1. The fourth-order valence-electron chi connectivity index (χ4n) is 3.02. The van der Waals surface area contributed by atoms with Crippen molar-refractivity contribution in [1.82, 2.24) is 14.9 Å². The second kappa shape index (κ2) is 5.33. The third kappa shape index (κ3) is 2.66. The van der Waals surface area contributed by atoms with E-state index >= 15 is 0 Å². The predicted octanol–water partition coefficient (Wildman–Crippen LogP) is 1.21. The monoisotopic (exact) mass is 264 g/mol. The summed E-state index contributed by atoms with van der Waals surface area (Å²) in [6.07, 6.45) is 5.76. The third-order valence-corrected chi connectivity index (χ3v) is 4.21. The van der Waals surface area contributed by atoms with Crippen LogP contribution in [0.3, 0.4) is 0 Å². The maximum atomic E-state index is 11.7. The zero-order chi connectivity index (χ0) is 14.0. The Morgan fingerprint density at radius 2 is 2.11 bits per heavy atom.